The summed E-state index contributed by atoms with van der Waals surface area (Å²) in [7, 11) is 0. The maximum absolute atomic E-state index is 9.81. The number of hydrogen-bond acceptors (Lipinski definition) is 3. The molecule has 0 aromatic heterocycles. The molecule has 3 nitrogen and oxygen atoms in total. The molecule has 1 aliphatic rings. The van der Waals surface area contributed by atoms with E-state index in [0.717, 1.165) is 45.6 Å². The van der Waals surface area contributed by atoms with Crippen LogP contribution < -0.4 is 5.32 Å². The van der Waals surface area contributed by atoms with Gasteiger partial charge in [0.15, 0.2) is 0 Å². The van der Waals surface area contributed by atoms with Crippen molar-refractivity contribution in [1.29, 1.82) is 0 Å². The molecule has 0 spiro atoms. The zero-order chi connectivity index (χ0) is 14.3. The molecule has 1 aliphatic heterocycles. The van der Waals surface area contributed by atoms with Crippen molar-refractivity contribution >= 4 is 0 Å². The zero-order valence-corrected chi connectivity index (χ0v) is 13.4. The van der Waals surface area contributed by atoms with Gasteiger partial charge in [-0.15, -0.1) is 0 Å². The number of β-amino-alcohol motifs (C(OH)–C–C–N with tert-alkyl or cyclic N) is 1. The molecule has 1 saturated heterocycles. The van der Waals surface area contributed by atoms with E-state index < -0.39 is 0 Å². The van der Waals surface area contributed by atoms with Gasteiger partial charge in [-0.05, 0) is 50.1 Å². The highest BCUT2D eigenvalue weighted by atomic mass is 16.3. The Morgan fingerprint density at radius 3 is 2.53 bits per heavy atom. The summed E-state index contributed by atoms with van der Waals surface area (Å²) < 4.78 is 0. The molecule has 0 bridgehead atoms. The minimum atomic E-state index is -0.108. The summed E-state index contributed by atoms with van der Waals surface area (Å²) in [4.78, 5) is 2.47. The molecule has 0 saturated carbocycles. The van der Waals surface area contributed by atoms with Gasteiger partial charge in [-0.3, -0.25) is 0 Å². The van der Waals surface area contributed by atoms with Crippen molar-refractivity contribution in [2.45, 2.75) is 59.5 Å². The Bertz CT molecular complexity index is 239. The van der Waals surface area contributed by atoms with Gasteiger partial charge in [0.25, 0.3) is 0 Å². The van der Waals surface area contributed by atoms with Crippen molar-refractivity contribution in [3.63, 3.8) is 0 Å². The van der Waals surface area contributed by atoms with E-state index in [9.17, 15) is 5.11 Å². The number of nitrogens with one attached hydrogen (secondary N) is 1. The van der Waals surface area contributed by atoms with E-state index in [1.165, 1.54) is 12.8 Å². The summed E-state index contributed by atoms with van der Waals surface area (Å²) in [6.45, 7) is 14.5. The van der Waals surface area contributed by atoms with E-state index >= 15 is 0 Å². The second kappa shape index (κ2) is 8.23. The lowest BCUT2D eigenvalue weighted by Crippen LogP contribution is -2.48. The Kier molecular flexibility index (Phi) is 7.33. The molecule has 3 heteroatoms. The summed E-state index contributed by atoms with van der Waals surface area (Å²) in [6.07, 6.45) is 4.43. The van der Waals surface area contributed by atoms with Crippen molar-refractivity contribution in [2.24, 2.45) is 11.3 Å². The summed E-state index contributed by atoms with van der Waals surface area (Å²) in [5.41, 5.74) is 0.367. The maximum atomic E-state index is 9.81. The molecule has 0 aromatic rings. The summed E-state index contributed by atoms with van der Waals surface area (Å²) >= 11 is 0. The Morgan fingerprint density at radius 2 is 2.00 bits per heavy atom. The largest absolute Gasteiger partial charge is 0.392 e. The maximum Gasteiger partial charge on any atom is 0.0667 e. The van der Waals surface area contributed by atoms with Crippen LogP contribution in [-0.4, -0.2) is 48.8 Å². The minimum absolute atomic E-state index is 0.108. The van der Waals surface area contributed by atoms with Gasteiger partial charge in [-0.1, -0.05) is 27.7 Å². The van der Waals surface area contributed by atoms with Crippen LogP contribution in [0.25, 0.3) is 0 Å². The number of aliphatic hydroxyl groups excluding tert-OH is 1. The van der Waals surface area contributed by atoms with Crippen LogP contribution in [0.3, 0.4) is 0 Å². The first-order valence-electron chi connectivity index (χ1n) is 8.12. The monoisotopic (exact) mass is 270 g/mol. The number of rotatable bonds is 8. The molecule has 1 unspecified atom stereocenters. The van der Waals surface area contributed by atoms with Gasteiger partial charge in [0.1, 0.15) is 0 Å². The smallest absolute Gasteiger partial charge is 0.0667 e. The quantitative estimate of drug-likeness (QED) is 0.711. The predicted octanol–water partition coefficient (Wildman–Crippen LogP) is 2.50. The zero-order valence-electron chi connectivity index (χ0n) is 13.4. The van der Waals surface area contributed by atoms with Gasteiger partial charge >= 0.3 is 0 Å². The summed E-state index contributed by atoms with van der Waals surface area (Å²) in [5.74, 6) is 0.711. The number of likely N-dealkylation sites (tertiary alicyclic amines) is 1. The molecule has 1 fully saturated rings. The van der Waals surface area contributed by atoms with Crippen LogP contribution in [0.5, 0.6) is 0 Å². The fraction of sp³-hybridized carbons (Fsp3) is 1.00. The van der Waals surface area contributed by atoms with E-state index in [1.54, 1.807) is 0 Å². The van der Waals surface area contributed by atoms with Crippen molar-refractivity contribution in [3.05, 3.63) is 0 Å². The van der Waals surface area contributed by atoms with Crippen LogP contribution in [0.15, 0.2) is 0 Å². The third-order valence-electron chi connectivity index (χ3n) is 4.59. The van der Waals surface area contributed by atoms with Crippen LogP contribution >= 0.6 is 0 Å². The molecule has 1 rings (SSSR count). The van der Waals surface area contributed by atoms with E-state index in [1.807, 2.05) is 0 Å². The van der Waals surface area contributed by atoms with E-state index in [0.29, 0.717) is 11.3 Å². The van der Waals surface area contributed by atoms with E-state index in [4.69, 9.17) is 0 Å². The summed E-state index contributed by atoms with van der Waals surface area (Å²) in [6, 6.07) is 0. The second-order valence-electron chi connectivity index (χ2n) is 6.76. The lowest BCUT2D eigenvalue weighted by atomic mass is 9.81. The average molecular weight is 270 g/mol. The van der Waals surface area contributed by atoms with Gasteiger partial charge in [-0.2, -0.15) is 0 Å². The van der Waals surface area contributed by atoms with Crippen LogP contribution in [0.4, 0.5) is 0 Å². The Balaban J connectivity index is 2.49. The Labute approximate surface area is 119 Å². The van der Waals surface area contributed by atoms with Gasteiger partial charge in [0.2, 0.25) is 0 Å². The van der Waals surface area contributed by atoms with E-state index in [2.05, 4.69) is 37.9 Å². The average Bonchev–Trinajstić information content (AvgIpc) is 2.37. The molecule has 0 radical (unpaired) electrons. The van der Waals surface area contributed by atoms with Crippen molar-refractivity contribution in [1.82, 2.24) is 10.2 Å². The number of piperidine rings is 1. The highest BCUT2D eigenvalue weighted by Crippen LogP contribution is 2.28. The summed E-state index contributed by atoms with van der Waals surface area (Å²) in [5, 5.41) is 13.5. The molecule has 1 atom stereocenters. The lowest BCUT2D eigenvalue weighted by molar-refractivity contribution is 0.0398. The molecule has 0 amide bonds. The van der Waals surface area contributed by atoms with Gasteiger partial charge in [-0.25, -0.2) is 0 Å². The van der Waals surface area contributed by atoms with Crippen LogP contribution in [0.1, 0.15) is 53.4 Å². The lowest BCUT2D eigenvalue weighted by Gasteiger charge is -2.40. The molecular formula is C16H34N2O. The van der Waals surface area contributed by atoms with Crippen molar-refractivity contribution in [3.8, 4) is 0 Å². The molecular weight excluding hydrogens is 236 g/mol. The topological polar surface area (TPSA) is 35.5 Å². The minimum Gasteiger partial charge on any atom is -0.392 e. The van der Waals surface area contributed by atoms with Gasteiger partial charge in [0, 0.05) is 19.6 Å². The first kappa shape index (κ1) is 16.9. The number of hydrogen-bond donors (Lipinski definition) is 2. The normalized spacial score (nSPS) is 22.1. The molecule has 0 aromatic carbocycles. The molecule has 0 aliphatic carbocycles. The molecule has 2 N–H and O–H groups in total. The Hall–Kier alpha value is -0.120. The molecule has 1 heterocycles. The standard InChI is InChI=1S/C16H34N2O/c1-5-16(6-2,12-17-10-14(3)4)13-18-9-7-8-15(19)11-18/h14-15,17,19H,5-13H2,1-4H3. The van der Waals surface area contributed by atoms with E-state index in [-0.39, 0.29) is 6.10 Å². The second-order valence-corrected chi connectivity index (χ2v) is 6.76. The highest BCUT2D eigenvalue weighted by Gasteiger charge is 2.30. The highest BCUT2D eigenvalue weighted by molar-refractivity contribution is 4.85. The van der Waals surface area contributed by atoms with Crippen molar-refractivity contribution in [2.75, 3.05) is 32.7 Å². The fourth-order valence-electron chi connectivity index (χ4n) is 3.05. The molecule has 19 heavy (non-hydrogen) atoms. The fourth-order valence-corrected chi connectivity index (χ4v) is 3.05. The first-order chi connectivity index (χ1) is 9.01. The first-order valence-corrected chi connectivity index (χ1v) is 8.12. The van der Waals surface area contributed by atoms with Gasteiger partial charge < -0.3 is 15.3 Å². The van der Waals surface area contributed by atoms with Crippen molar-refractivity contribution < 1.29 is 5.11 Å². The van der Waals surface area contributed by atoms with Crippen LogP contribution in [0, 0.1) is 11.3 Å². The van der Waals surface area contributed by atoms with Gasteiger partial charge in [0.05, 0.1) is 6.10 Å². The third kappa shape index (κ3) is 5.80. The number of aliphatic hydroxyl groups is 1. The Morgan fingerprint density at radius 1 is 1.32 bits per heavy atom. The third-order valence-corrected chi connectivity index (χ3v) is 4.59. The predicted molar refractivity (Wildman–Crippen MR) is 82.4 cm³/mol. The van der Waals surface area contributed by atoms with Crippen LogP contribution in [0.2, 0.25) is 0 Å². The molecule has 114 valence electrons. The SMILES string of the molecule is CCC(CC)(CNCC(C)C)CN1CCCC(O)C1. The van der Waals surface area contributed by atoms with Crippen LogP contribution in [-0.2, 0) is 0 Å². The number of nitrogens with zero attached hydrogens (tertiary/aromatic N) is 1.